The molecule has 1 aliphatic carbocycles. The molecule has 0 saturated heterocycles. The normalized spacial score (nSPS) is 33.8. The first-order valence-electron chi connectivity index (χ1n) is 3.72. The molecule has 0 N–H and O–H groups in total. The van der Waals surface area contributed by atoms with Gasteiger partial charge >= 0.3 is 0 Å². The quantitative estimate of drug-likeness (QED) is 0.472. The second kappa shape index (κ2) is 4.02. The standard InChI is InChI=1S/C7H10F2I2/c8-7(9,11)5-3-1-2-4-6(5)10/h5-6H,1-4H2/t5-,6+/m1/s1. The summed E-state index contributed by atoms with van der Waals surface area (Å²) in [7, 11) is 0. The second-order valence-electron chi connectivity index (χ2n) is 2.95. The van der Waals surface area contributed by atoms with Crippen molar-refractivity contribution in [2.45, 2.75) is 33.5 Å². The predicted octanol–water partition coefficient (Wildman–Crippen LogP) is 4.01. The van der Waals surface area contributed by atoms with Gasteiger partial charge in [0.2, 0.25) is 0 Å². The van der Waals surface area contributed by atoms with E-state index in [4.69, 9.17) is 0 Å². The van der Waals surface area contributed by atoms with Gasteiger partial charge < -0.3 is 0 Å². The van der Waals surface area contributed by atoms with Gasteiger partial charge in [0, 0.05) is 9.84 Å². The molecule has 66 valence electrons. The van der Waals surface area contributed by atoms with Crippen molar-refractivity contribution >= 4 is 45.2 Å². The van der Waals surface area contributed by atoms with E-state index in [1.807, 2.05) is 0 Å². The Morgan fingerprint density at radius 1 is 1.18 bits per heavy atom. The Hall–Kier alpha value is 1.32. The van der Waals surface area contributed by atoms with Gasteiger partial charge in [0.05, 0.1) is 0 Å². The molecule has 0 bridgehead atoms. The zero-order chi connectivity index (χ0) is 8.48. The molecule has 0 aromatic carbocycles. The highest BCUT2D eigenvalue weighted by molar-refractivity contribution is 14.1. The molecule has 1 rings (SSSR count). The summed E-state index contributed by atoms with van der Waals surface area (Å²) in [6.07, 6.45) is 3.76. The summed E-state index contributed by atoms with van der Waals surface area (Å²) < 4.78 is 23.4. The lowest BCUT2D eigenvalue weighted by Gasteiger charge is -2.30. The van der Waals surface area contributed by atoms with Gasteiger partial charge in [-0.05, 0) is 35.4 Å². The van der Waals surface area contributed by atoms with E-state index in [0.29, 0.717) is 6.42 Å². The molecule has 0 aromatic heterocycles. The van der Waals surface area contributed by atoms with Gasteiger partial charge in [-0.3, -0.25) is 0 Å². The van der Waals surface area contributed by atoms with Crippen LogP contribution in [0.25, 0.3) is 0 Å². The minimum absolute atomic E-state index is 0.174. The van der Waals surface area contributed by atoms with E-state index in [1.54, 1.807) is 0 Å². The van der Waals surface area contributed by atoms with Gasteiger partial charge in [-0.1, -0.05) is 35.4 Å². The maximum Gasteiger partial charge on any atom is 0.300 e. The zero-order valence-electron chi connectivity index (χ0n) is 5.99. The molecule has 2 atom stereocenters. The number of alkyl halides is 4. The molecule has 1 aliphatic rings. The minimum atomic E-state index is -2.50. The lowest BCUT2D eigenvalue weighted by Crippen LogP contribution is -2.31. The molecule has 0 aliphatic heterocycles. The average Bonchev–Trinajstić information content (AvgIpc) is 1.86. The van der Waals surface area contributed by atoms with Gasteiger partial charge in [-0.2, -0.15) is 8.78 Å². The van der Waals surface area contributed by atoms with E-state index in [0.717, 1.165) is 19.3 Å². The van der Waals surface area contributed by atoms with E-state index in [-0.39, 0.29) is 3.92 Å². The van der Waals surface area contributed by atoms with E-state index >= 15 is 0 Å². The molecule has 4 heteroatoms. The zero-order valence-corrected chi connectivity index (χ0v) is 10.3. The smallest absolute Gasteiger partial charge is 0.195 e. The van der Waals surface area contributed by atoms with Crippen molar-refractivity contribution in [1.82, 2.24) is 0 Å². The Balaban J connectivity index is 2.55. The van der Waals surface area contributed by atoms with Crippen molar-refractivity contribution in [2.24, 2.45) is 5.92 Å². The molecule has 0 amide bonds. The maximum absolute atomic E-state index is 12.8. The fourth-order valence-corrected chi connectivity index (χ4v) is 4.14. The van der Waals surface area contributed by atoms with Crippen molar-refractivity contribution in [3.05, 3.63) is 0 Å². The van der Waals surface area contributed by atoms with Gasteiger partial charge in [-0.25, -0.2) is 0 Å². The molecule has 0 radical (unpaired) electrons. The summed E-state index contributed by atoms with van der Waals surface area (Å²) >= 11 is 3.43. The van der Waals surface area contributed by atoms with Crippen LogP contribution < -0.4 is 0 Å². The third-order valence-corrected chi connectivity index (χ3v) is 4.39. The predicted molar refractivity (Wildman–Crippen MR) is 58.7 cm³/mol. The van der Waals surface area contributed by atoms with Crippen LogP contribution in [-0.2, 0) is 0 Å². The third-order valence-electron chi connectivity index (χ3n) is 2.10. The van der Waals surface area contributed by atoms with Crippen LogP contribution in [0, 0.1) is 5.92 Å². The number of halogens is 4. The first-order chi connectivity index (χ1) is 5.02. The number of rotatable bonds is 1. The highest BCUT2D eigenvalue weighted by Crippen LogP contribution is 2.43. The average molecular weight is 386 g/mol. The van der Waals surface area contributed by atoms with E-state index < -0.39 is 9.85 Å². The fraction of sp³-hybridized carbons (Fsp3) is 1.00. The van der Waals surface area contributed by atoms with Crippen molar-refractivity contribution in [3.8, 4) is 0 Å². The molecule has 0 heterocycles. The Morgan fingerprint density at radius 3 is 2.09 bits per heavy atom. The molecular formula is C7H10F2I2. The number of hydrogen-bond donors (Lipinski definition) is 0. The van der Waals surface area contributed by atoms with Crippen LogP contribution in [0.5, 0.6) is 0 Å². The maximum atomic E-state index is 12.8. The molecular weight excluding hydrogens is 376 g/mol. The SMILES string of the molecule is FC(F)(I)[C@@H]1CCCC[C@@H]1I. The first kappa shape index (κ1) is 10.4. The molecule has 11 heavy (non-hydrogen) atoms. The van der Waals surface area contributed by atoms with Crippen LogP contribution >= 0.6 is 45.2 Å². The monoisotopic (exact) mass is 386 g/mol. The van der Waals surface area contributed by atoms with E-state index in [9.17, 15) is 8.78 Å². The Morgan fingerprint density at radius 2 is 1.73 bits per heavy atom. The Labute approximate surface area is 92.8 Å². The van der Waals surface area contributed by atoms with Gasteiger partial charge in [0.25, 0.3) is 3.93 Å². The summed E-state index contributed by atoms with van der Waals surface area (Å²) in [5.41, 5.74) is 0. The van der Waals surface area contributed by atoms with E-state index in [1.165, 1.54) is 22.6 Å². The topological polar surface area (TPSA) is 0 Å². The van der Waals surface area contributed by atoms with Crippen molar-refractivity contribution in [1.29, 1.82) is 0 Å². The van der Waals surface area contributed by atoms with E-state index in [2.05, 4.69) is 22.6 Å². The Kier molecular flexibility index (Phi) is 3.80. The summed E-state index contributed by atoms with van der Waals surface area (Å²) in [4.78, 5) is 0. The Bertz CT molecular complexity index is 133. The fourth-order valence-electron chi connectivity index (χ4n) is 1.45. The number of hydrogen-bond acceptors (Lipinski definition) is 0. The van der Waals surface area contributed by atoms with Crippen LogP contribution in [-0.4, -0.2) is 7.85 Å². The van der Waals surface area contributed by atoms with Crippen LogP contribution in [0.1, 0.15) is 25.7 Å². The summed E-state index contributed by atoms with van der Waals surface area (Å²) in [6, 6.07) is 0. The van der Waals surface area contributed by atoms with Crippen LogP contribution in [0.3, 0.4) is 0 Å². The van der Waals surface area contributed by atoms with Gasteiger partial charge in [0.1, 0.15) is 0 Å². The summed E-state index contributed by atoms with van der Waals surface area (Å²) in [5.74, 6) is -0.391. The molecule has 1 saturated carbocycles. The lowest BCUT2D eigenvalue weighted by atomic mass is 9.90. The molecule has 0 nitrogen and oxygen atoms in total. The van der Waals surface area contributed by atoms with Gasteiger partial charge in [-0.15, -0.1) is 0 Å². The lowest BCUT2D eigenvalue weighted by molar-refractivity contribution is 0.0441. The highest BCUT2D eigenvalue weighted by atomic mass is 127. The summed E-state index contributed by atoms with van der Waals surface area (Å²) in [6.45, 7) is 0. The molecule has 0 spiro atoms. The highest BCUT2D eigenvalue weighted by Gasteiger charge is 2.41. The van der Waals surface area contributed by atoms with Crippen LogP contribution in [0.4, 0.5) is 8.78 Å². The van der Waals surface area contributed by atoms with Gasteiger partial charge in [0.15, 0.2) is 0 Å². The third kappa shape index (κ3) is 2.93. The molecule has 0 unspecified atom stereocenters. The van der Waals surface area contributed by atoms with Crippen molar-refractivity contribution < 1.29 is 8.78 Å². The molecule has 0 aromatic rings. The largest absolute Gasteiger partial charge is 0.300 e. The van der Waals surface area contributed by atoms with Crippen molar-refractivity contribution in [2.75, 3.05) is 0 Å². The first-order valence-corrected chi connectivity index (χ1v) is 6.05. The summed E-state index contributed by atoms with van der Waals surface area (Å²) in [5, 5.41) is 0. The van der Waals surface area contributed by atoms with Crippen molar-refractivity contribution in [3.63, 3.8) is 0 Å². The minimum Gasteiger partial charge on any atom is -0.195 e. The second-order valence-corrected chi connectivity index (χ2v) is 5.99. The molecule has 1 fully saturated rings. The van der Waals surface area contributed by atoms with Crippen LogP contribution in [0.2, 0.25) is 0 Å². The van der Waals surface area contributed by atoms with Crippen LogP contribution in [0.15, 0.2) is 0 Å².